The van der Waals surface area contributed by atoms with E-state index in [1.807, 2.05) is 0 Å². The molecule has 8 aromatic carbocycles. The highest BCUT2D eigenvalue weighted by Crippen LogP contribution is 2.64. The topological polar surface area (TPSA) is 3.24 Å². The molecule has 10 rings (SSSR count). The van der Waals surface area contributed by atoms with Crippen LogP contribution in [0, 0.1) is 20.8 Å². The van der Waals surface area contributed by atoms with E-state index >= 15 is 0 Å². The molecule has 0 heterocycles. The highest BCUT2D eigenvalue weighted by Gasteiger charge is 2.52. The summed E-state index contributed by atoms with van der Waals surface area (Å²) >= 11 is 0. The van der Waals surface area contributed by atoms with Gasteiger partial charge in [0.25, 0.3) is 0 Å². The first kappa shape index (κ1) is 28.1. The molecule has 0 fully saturated rings. The Kier molecular flexibility index (Phi) is 5.91. The van der Waals surface area contributed by atoms with Gasteiger partial charge >= 0.3 is 0 Å². The minimum absolute atomic E-state index is 0.393. The Hall–Kier alpha value is -5.92. The van der Waals surface area contributed by atoms with Gasteiger partial charge in [-0.15, -0.1) is 0 Å². The van der Waals surface area contributed by atoms with E-state index < -0.39 is 5.41 Å². The van der Waals surface area contributed by atoms with Crippen molar-refractivity contribution in [1.82, 2.24) is 0 Å². The first-order chi connectivity index (χ1) is 24.0. The van der Waals surface area contributed by atoms with Gasteiger partial charge in [0.2, 0.25) is 0 Å². The molecule has 0 radical (unpaired) electrons. The van der Waals surface area contributed by atoms with E-state index in [4.69, 9.17) is 0 Å². The van der Waals surface area contributed by atoms with E-state index in [-0.39, 0.29) is 0 Å². The molecule has 49 heavy (non-hydrogen) atoms. The Morgan fingerprint density at radius 1 is 0.408 bits per heavy atom. The summed E-state index contributed by atoms with van der Waals surface area (Å²) in [5.41, 5.74) is 17.8. The van der Waals surface area contributed by atoms with E-state index in [0.29, 0.717) is 0 Å². The van der Waals surface area contributed by atoms with E-state index in [1.165, 1.54) is 94.1 Å². The zero-order valence-corrected chi connectivity index (χ0v) is 28.0. The zero-order chi connectivity index (χ0) is 32.9. The largest absolute Gasteiger partial charge is 0.310 e. The second kappa shape index (κ2) is 10.3. The van der Waals surface area contributed by atoms with Crippen LogP contribution in [-0.4, -0.2) is 0 Å². The van der Waals surface area contributed by atoms with Crippen LogP contribution in [0.4, 0.5) is 17.1 Å². The van der Waals surface area contributed by atoms with E-state index in [9.17, 15) is 0 Å². The zero-order valence-electron chi connectivity index (χ0n) is 28.0. The number of aryl methyl sites for hydroxylation is 3. The molecule has 8 aromatic rings. The molecular weight excluding hydrogens is 591 g/mol. The molecule has 0 saturated heterocycles. The quantitative estimate of drug-likeness (QED) is 0.189. The van der Waals surface area contributed by atoms with Crippen LogP contribution in [0.25, 0.3) is 43.8 Å². The van der Waals surface area contributed by atoms with Gasteiger partial charge in [-0.1, -0.05) is 115 Å². The van der Waals surface area contributed by atoms with Crippen LogP contribution in [0.1, 0.15) is 38.9 Å². The molecule has 1 nitrogen and oxygen atoms in total. The minimum atomic E-state index is -0.393. The summed E-state index contributed by atoms with van der Waals surface area (Å²) in [5.74, 6) is 0. The lowest BCUT2D eigenvalue weighted by atomic mass is 9.70. The number of nitrogens with zero attached hydrogens (tertiary/aromatic N) is 1. The number of fused-ring (bicyclic) bond motifs is 13. The molecular formula is C48H35N. The van der Waals surface area contributed by atoms with Gasteiger partial charge < -0.3 is 4.90 Å². The maximum atomic E-state index is 2.51. The molecule has 0 aromatic heterocycles. The van der Waals surface area contributed by atoms with Crippen LogP contribution in [0.2, 0.25) is 0 Å². The number of rotatable bonds is 3. The van der Waals surface area contributed by atoms with Crippen LogP contribution in [-0.2, 0) is 5.41 Å². The van der Waals surface area contributed by atoms with Gasteiger partial charge in [-0.05, 0) is 146 Å². The van der Waals surface area contributed by atoms with Gasteiger partial charge in [0, 0.05) is 17.1 Å². The van der Waals surface area contributed by atoms with Crippen molar-refractivity contribution in [2.75, 3.05) is 4.90 Å². The molecule has 0 bridgehead atoms. The van der Waals surface area contributed by atoms with Gasteiger partial charge in [-0.3, -0.25) is 0 Å². The number of hydrogen-bond donors (Lipinski definition) is 0. The lowest BCUT2D eigenvalue weighted by Gasteiger charge is -2.31. The maximum absolute atomic E-state index is 2.51. The highest BCUT2D eigenvalue weighted by atomic mass is 15.1. The first-order valence-corrected chi connectivity index (χ1v) is 17.3. The number of hydrogen-bond acceptors (Lipinski definition) is 1. The standard InChI is InChI=1S/C48H35N/c1-30-24-31(2)26-37(25-30)49(46-19-11-4-12-32(46)3)36-22-20-34-28-41-45(29-35(34)27-36)48(44-23-21-33-13-5-6-14-38(33)47(41)44)42-17-9-7-15-39(42)40-16-8-10-18-43(40)48/h4-29H,1-3H3. The Morgan fingerprint density at radius 3 is 1.82 bits per heavy atom. The van der Waals surface area contributed by atoms with Gasteiger partial charge in [0.15, 0.2) is 0 Å². The van der Waals surface area contributed by atoms with Crippen molar-refractivity contribution in [2.24, 2.45) is 0 Å². The van der Waals surface area contributed by atoms with E-state index in [2.05, 4.69) is 183 Å². The van der Waals surface area contributed by atoms with E-state index in [0.717, 1.165) is 5.69 Å². The number of anilines is 3. The van der Waals surface area contributed by atoms with Gasteiger partial charge in [0.05, 0.1) is 5.41 Å². The smallest absolute Gasteiger partial charge is 0.0725 e. The fourth-order valence-electron chi connectivity index (χ4n) is 9.10. The van der Waals surface area contributed by atoms with Crippen molar-refractivity contribution in [3.63, 3.8) is 0 Å². The number of benzene rings is 8. The lowest BCUT2D eigenvalue weighted by molar-refractivity contribution is 0.795. The van der Waals surface area contributed by atoms with Gasteiger partial charge in [0.1, 0.15) is 0 Å². The Bertz CT molecular complexity index is 2590. The third-order valence-electron chi connectivity index (χ3n) is 11.0. The third-order valence-corrected chi connectivity index (χ3v) is 11.0. The summed E-state index contributed by atoms with van der Waals surface area (Å²) in [6.07, 6.45) is 0. The fraction of sp³-hybridized carbons (Fsp3) is 0.0833. The molecule has 0 saturated carbocycles. The van der Waals surface area contributed by atoms with Crippen LogP contribution < -0.4 is 4.90 Å². The summed E-state index contributed by atoms with van der Waals surface area (Å²) in [6.45, 7) is 6.59. The van der Waals surface area contributed by atoms with E-state index in [1.54, 1.807) is 0 Å². The summed E-state index contributed by atoms with van der Waals surface area (Å²) in [4.78, 5) is 2.43. The summed E-state index contributed by atoms with van der Waals surface area (Å²) in [7, 11) is 0. The molecule has 232 valence electrons. The monoisotopic (exact) mass is 625 g/mol. The van der Waals surface area contributed by atoms with Gasteiger partial charge in [-0.25, -0.2) is 0 Å². The van der Waals surface area contributed by atoms with Crippen molar-refractivity contribution in [3.8, 4) is 22.3 Å². The second-order valence-corrected chi connectivity index (χ2v) is 13.9. The highest BCUT2D eigenvalue weighted by molar-refractivity contribution is 6.09. The number of para-hydroxylation sites is 1. The van der Waals surface area contributed by atoms with Crippen LogP contribution in [0.5, 0.6) is 0 Å². The molecule has 0 atom stereocenters. The molecule has 0 N–H and O–H groups in total. The molecule has 1 heteroatoms. The predicted molar refractivity (Wildman–Crippen MR) is 207 cm³/mol. The summed E-state index contributed by atoms with van der Waals surface area (Å²) < 4.78 is 0. The summed E-state index contributed by atoms with van der Waals surface area (Å²) in [6, 6.07) is 59.4. The average Bonchev–Trinajstić information content (AvgIpc) is 3.58. The average molecular weight is 626 g/mol. The lowest BCUT2D eigenvalue weighted by Crippen LogP contribution is -2.25. The Labute approximate surface area is 287 Å². The second-order valence-electron chi connectivity index (χ2n) is 13.9. The van der Waals surface area contributed by atoms with Crippen molar-refractivity contribution < 1.29 is 0 Å². The minimum Gasteiger partial charge on any atom is -0.310 e. The predicted octanol–water partition coefficient (Wildman–Crippen LogP) is 12.7. The Morgan fingerprint density at radius 2 is 1.06 bits per heavy atom. The molecule has 0 unspecified atom stereocenters. The van der Waals surface area contributed by atoms with Crippen molar-refractivity contribution in [1.29, 1.82) is 0 Å². The van der Waals surface area contributed by atoms with Crippen molar-refractivity contribution in [2.45, 2.75) is 26.2 Å². The molecule has 1 spiro atoms. The SMILES string of the molecule is Cc1cc(C)cc(N(c2ccc3cc4c(cc3c2)C2(c3ccccc3-c3ccccc32)c2ccc3ccccc3c2-4)c2ccccc2C)c1. The van der Waals surface area contributed by atoms with Crippen LogP contribution in [0.15, 0.2) is 158 Å². The summed E-state index contributed by atoms with van der Waals surface area (Å²) in [5, 5.41) is 5.10. The van der Waals surface area contributed by atoms with Gasteiger partial charge in [-0.2, -0.15) is 0 Å². The molecule has 0 amide bonds. The maximum Gasteiger partial charge on any atom is 0.0725 e. The third kappa shape index (κ3) is 3.87. The molecule has 2 aliphatic rings. The first-order valence-electron chi connectivity index (χ1n) is 17.3. The molecule has 2 aliphatic carbocycles. The molecule has 0 aliphatic heterocycles. The van der Waals surface area contributed by atoms with Crippen molar-refractivity contribution in [3.05, 3.63) is 197 Å². The van der Waals surface area contributed by atoms with Crippen LogP contribution >= 0.6 is 0 Å². The normalized spacial score (nSPS) is 13.4. The Balaban J connectivity index is 1.29. The van der Waals surface area contributed by atoms with Crippen molar-refractivity contribution >= 4 is 38.6 Å². The van der Waals surface area contributed by atoms with Crippen LogP contribution in [0.3, 0.4) is 0 Å². The fourth-order valence-corrected chi connectivity index (χ4v) is 9.10.